The van der Waals surface area contributed by atoms with Crippen molar-refractivity contribution in [1.82, 2.24) is 14.5 Å². The molecule has 0 atom stereocenters. The number of H-pyrrole nitrogens is 1. The normalized spacial score (nSPS) is 10.9. The van der Waals surface area contributed by atoms with E-state index in [1.54, 1.807) is 16.8 Å². The van der Waals surface area contributed by atoms with E-state index >= 15 is 0 Å². The topological polar surface area (TPSA) is 50.7 Å². The smallest absolute Gasteiger partial charge is 0.263 e. The van der Waals surface area contributed by atoms with Crippen molar-refractivity contribution >= 4 is 39.2 Å². The van der Waals surface area contributed by atoms with Gasteiger partial charge in [-0.15, -0.1) is 0 Å². The zero-order valence-corrected chi connectivity index (χ0v) is 11.1. The summed E-state index contributed by atoms with van der Waals surface area (Å²) in [5, 5.41) is 0.552. The predicted octanol–water partition coefficient (Wildman–Crippen LogP) is 2.63. The summed E-state index contributed by atoms with van der Waals surface area (Å²) in [5.74, 6) is 0. The Morgan fingerprint density at radius 1 is 1.62 bits per heavy atom. The molecule has 4 nitrogen and oxygen atoms in total. The number of nitrogens with zero attached hydrogens (tertiary/aromatic N) is 2. The molecule has 0 unspecified atom stereocenters. The first-order valence-corrected chi connectivity index (χ1v) is 6.12. The minimum absolute atomic E-state index is 0.0885. The molecule has 0 saturated carbocycles. The van der Waals surface area contributed by atoms with E-state index in [2.05, 4.69) is 25.9 Å². The third-order valence-corrected chi connectivity index (χ3v) is 3.00. The molecule has 2 heterocycles. The van der Waals surface area contributed by atoms with Crippen LogP contribution in [0.2, 0.25) is 0 Å². The zero-order valence-electron chi connectivity index (χ0n) is 8.66. The summed E-state index contributed by atoms with van der Waals surface area (Å²) in [4.78, 5) is 19.2. The van der Waals surface area contributed by atoms with E-state index in [1.165, 1.54) is 0 Å². The van der Waals surface area contributed by atoms with Crippen LogP contribution < -0.4 is 5.56 Å². The van der Waals surface area contributed by atoms with Crippen molar-refractivity contribution < 1.29 is 0 Å². The van der Waals surface area contributed by atoms with Crippen molar-refractivity contribution in [2.75, 3.05) is 0 Å². The molecule has 2 aromatic heterocycles. The van der Waals surface area contributed by atoms with Gasteiger partial charge in [-0.1, -0.05) is 6.92 Å². The Morgan fingerprint density at radius 3 is 3.06 bits per heavy atom. The van der Waals surface area contributed by atoms with Crippen LogP contribution in [0.4, 0.5) is 0 Å². The fourth-order valence-electron chi connectivity index (χ4n) is 1.53. The van der Waals surface area contributed by atoms with Crippen molar-refractivity contribution in [3.05, 3.63) is 31.9 Å². The quantitative estimate of drug-likeness (QED) is 0.867. The van der Waals surface area contributed by atoms with Crippen LogP contribution in [0, 0.1) is 4.77 Å². The highest BCUT2D eigenvalue weighted by Crippen LogP contribution is 2.12. The van der Waals surface area contributed by atoms with Crippen LogP contribution in [-0.2, 0) is 6.54 Å². The van der Waals surface area contributed by atoms with Crippen molar-refractivity contribution in [1.29, 1.82) is 0 Å². The second-order valence-corrected chi connectivity index (χ2v) is 4.74. The number of fused-ring (bicyclic) bond motifs is 1. The van der Waals surface area contributed by atoms with Gasteiger partial charge in [-0.2, -0.15) is 0 Å². The van der Waals surface area contributed by atoms with Gasteiger partial charge >= 0.3 is 0 Å². The lowest BCUT2D eigenvalue weighted by atomic mass is 10.3. The largest absolute Gasteiger partial charge is 0.316 e. The predicted molar refractivity (Wildman–Crippen MR) is 69.2 cm³/mol. The van der Waals surface area contributed by atoms with E-state index in [4.69, 9.17) is 12.2 Å². The molecule has 0 aliphatic rings. The standard InChI is InChI=1S/C10H10BrN3OS/c1-2-3-14-9(15)7-4-6(11)5-12-8(7)13-10(14)16/h4-5H,2-3H2,1H3,(H,12,13,16). The van der Waals surface area contributed by atoms with Gasteiger partial charge in [0.25, 0.3) is 5.56 Å². The average Bonchev–Trinajstić information content (AvgIpc) is 2.26. The molecule has 0 spiro atoms. The van der Waals surface area contributed by atoms with Crippen molar-refractivity contribution in [3.8, 4) is 0 Å². The van der Waals surface area contributed by atoms with Gasteiger partial charge in [0.1, 0.15) is 5.65 Å². The Kier molecular flexibility index (Phi) is 3.20. The van der Waals surface area contributed by atoms with Crippen LogP contribution in [0.5, 0.6) is 0 Å². The molecule has 6 heteroatoms. The Balaban J connectivity index is 2.85. The van der Waals surface area contributed by atoms with Gasteiger partial charge in [-0.05, 0) is 40.6 Å². The molecular formula is C10H10BrN3OS. The van der Waals surface area contributed by atoms with E-state index in [9.17, 15) is 4.79 Å². The van der Waals surface area contributed by atoms with Crippen LogP contribution >= 0.6 is 28.1 Å². The lowest BCUT2D eigenvalue weighted by molar-refractivity contribution is 0.637. The van der Waals surface area contributed by atoms with Gasteiger partial charge in [0.05, 0.1) is 5.39 Å². The summed E-state index contributed by atoms with van der Waals surface area (Å²) in [6, 6.07) is 1.75. The zero-order chi connectivity index (χ0) is 11.7. The lowest BCUT2D eigenvalue weighted by Gasteiger charge is -2.05. The molecule has 1 N–H and O–H groups in total. The second kappa shape index (κ2) is 4.47. The molecule has 2 rings (SSSR count). The monoisotopic (exact) mass is 299 g/mol. The number of aromatic nitrogens is 3. The molecular weight excluding hydrogens is 290 g/mol. The molecule has 2 aromatic rings. The summed E-state index contributed by atoms with van der Waals surface area (Å²) < 4.78 is 2.77. The van der Waals surface area contributed by atoms with Crippen LogP contribution in [-0.4, -0.2) is 14.5 Å². The summed E-state index contributed by atoms with van der Waals surface area (Å²) in [5.41, 5.74) is 0.444. The van der Waals surface area contributed by atoms with Crippen LogP contribution in [0.1, 0.15) is 13.3 Å². The Morgan fingerprint density at radius 2 is 2.38 bits per heavy atom. The maximum atomic E-state index is 12.1. The molecule has 0 radical (unpaired) electrons. The first-order chi connectivity index (χ1) is 7.63. The molecule has 84 valence electrons. The molecule has 0 aromatic carbocycles. The Bertz CT molecular complexity index is 647. The van der Waals surface area contributed by atoms with Crippen LogP contribution in [0.3, 0.4) is 0 Å². The number of aromatic amines is 1. The number of hydrogen-bond acceptors (Lipinski definition) is 3. The SMILES string of the molecule is CCCn1c(=S)[nH]c2ncc(Br)cc2c1=O. The van der Waals surface area contributed by atoms with Gasteiger partial charge in [0.2, 0.25) is 0 Å². The number of halogens is 1. The highest BCUT2D eigenvalue weighted by molar-refractivity contribution is 9.10. The maximum absolute atomic E-state index is 12.1. The summed E-state index contributed by atoms with van der Waals surface area (Å²) in [6.07, 6.45) is 2.50. The van der Waals surface area contributed by atoms with Gasteiger partial charge < -0.3 is 4.98 Å². The van der Waals surface area contributed by atoms with Gasteiger partial charge in [0.15, 0.2) is 4.77 Å². The minimum Gasteiger partial charge on any atom is -0.316 e. The highest BCUT2D eigenvalue weighted by Gasteiger charge is 2.06. The summed E-state index contributed by atoms with van der Waals surface area (Å²) in [6.45, 7) is 2.63. The van der Waals surface area contributed by atoms with E-state index in [1.807, 2.05) is 6.92 Å². The first-order valence-electron chi connectivity index (χ1n) is 4.92. The molecule has 0 bridgehead atoms. The third-order valence-electron chi connectivity index (χ3n) is 2.25. The van der Waals surface area contributed by atoms with E-state index in [0.717, 1.165) is 10.9 Å². The Labute approximate surface area is 105 Å². The fraction of sp³-hybridized carbons (Fsp3) is 0.300. The Hall–Kier alpha value is -1.01. The van der Waals surface area contributed by atoms with E-state index in [-0.39, 0.29) is 5.56 Å². The molecule has 0 fully saturated rings. The third kappa shape index (κ3) is 1.94. The van der Waals surface area contributed by atoms with Gasteiger partial charge in [0, 0.05) is 17.2 Å². The second-order valence-electron chi connectivity index (χ2n) is 3.44. The summed E-state index contributed by atoms with van der Waals surface area (Å²) >= 11 is 8.42. The molecule has 0 saturated heterocycles. The minimum atomic E-state index is -0.0885. The average molecular weight is 300 g/mol. The number of pyridine rings is 1. The molecule has 0 aliphatic heterocycles. The van der Waals surface area contributed by atoms with Crippen molar-refractivity contribution in [2.24, 2.45) is 0 Å². The number of hydrogen-bond donors (Lipinski definition) is 1. The highest BCUT2D eigenvalue weighted by atomic mass is 79.9. The van der Waals surface area contributed by atoms with Gasteiger partial charge in [-0.25, -0.2) is 4.98 Å². The van der Waals surface area contributed by atoms with Crippen molar-refractivity contribution in [3.63, 3.8) is 0 Å². The molecule has 0 aliphatic carbocycles. The van der Waals surface area contributed by atoms with Gasteiger partial charge in [-0.3, -0.25) is 9.36 Å². The molecule has 16 heavy (non-hydrogen) atoms. The first kappa shape index (κ1) is 11.5. The fourth-order valence-corrected chi connectivity index (χ4v) is 2.14. The van der Waals surface area contributed by atoms with E-state index < -0.39 is 0 Å². The lowest BCUT2D eigenvalue weighted by Crippen LogP contribution is -2.22. The number of nitrogens with one attached hydrogen (secondary N) is 1. The molecule has 0 amide bonds. The summed E-state index contributed by atoms with van der Waals surface area (Å²) in [7, 11) is 0. The van der Waals surface area contributed by atoms with Crippen LogP contribution in [0.25, 0.3) is 11.0 Å². The van der Waals surface area contributed by atoms with Crippen LogP contribution in [0.15, 0.2) is 21.5 Å². The maximum Gasteiger partial charge on any atom is 0.263 e. The number of rotatable bonds is 2. The van der Waals surface area contributed by atoms with Crippen molar-refractivity contribution in [2.45, 2.75) is 19.9 Å². The van der Waals surface area contributed by atoms with E-state index in [0.29, 0.717) is 22.3 Å².